The molecule has 0 atom stereocenters. The van der Waals surface area contributed by atoms with Crippen LogP contribution in [0.1, 0.15) is 12.5 Å². The second-order valence-electron chi connectivity index (χ2n) is 2.04. The number of nitrogens with zero attached hydrogens (tertiary/aromatic N) is 2. The molecule has 1 aromatic heterocycles. The largest absolute Gasteiger partial charge is 0.411 e. The molecule has 0 fully saturated rings. The average Bonchev–Trinajstić information content (AvgIpc) is 2.04. The number of halogens is 2. The van der Waals surface area contributed by atoms with Gasteiger partial charge in [0.2, 0.25) is 0 Å². The van der Waals surface area contributed by atoms with Crippen molar-refractivity contribution in [1.29, 1.82) is 0 Å². The minimum atomic E-state index is -0.484. The molecular formula is C7H8ClFN2O. The second-order valence-corrected chi connectivity index (χ2v) is 2.04. The maximum absolute atomic E-state index is 12.8. The number of rotatable bonds is 1. The molecule has 0 bridgehead atoms. The zero-order valence-corrected chi connectivity index (χ0v) is 7.18. The molecule has 1 aromatic rings. The van der Waals surface area contributed by atoms with E-state index >= 15 is 0 Å². The van der Waals surface area contributed by atoms with Crippen molar-refractivity contribution < 1.29 is 9.60 Å². The molecule has 0 aliphatic heterocycles. The molecular weight excluding hydrogens is 183 g/mol. The Balaban J connectivity index is 0.00000121. The van der Waals surface area contributed by atoms with Gasteiger partial charge in [-0.3, -0.25) is 4.98 Å². The monoisotopic (exact) mass is 190 g/mol. The van der Waals surface area contributed by atoms with Crippen molar-refractivity contribution >= 4 is 18.1 Å². The quantitative estimate of drug-likeness (QED) is 0.417. The van der Waals surface area contributed by atoms with Crippen LogP contribution in [0.2, 0.25) is 0 Å². The van der Waals surface area contributed by atoms with E-state index in [1.165, 1.54) is 19.2 Å². The molecule has 0 spiro atoms. The van der Waals surface area contributed by atoms with E-state index in [0.29, 0.717) is 0 Å². The van der Waals surface area contributed by atoms with Gasteiger partial charge in [-0.25, -0.2) is 4.39 Å². The van der Waals surface area contributed by atoms with Crippen LogP contribution in [0.25, 0.3) is 0 Å². The molecule has 0 amide bonds. The topological polar surface area (TPSA) is 45.5 Å². The summed E-state index contributed by atoms with van der Waals surface area (Å²) in [6.45, 7) is 1.51. The highest BCUT2D eigenvalue weighted by atomic mass is 35.5. The fourth-order valence-corrected chi connectivity index (χ4v) is 0.722. The van der Waals surface area contributed by atoms with E-state index in [1.807, 2.05) is 0 Å². The summed E-state index contributed by atoms with van der Waals surface area (Å²) in [5.74, 6) is -0.484. The Hall–Kier alpha value is -1.16. The van der Waals surface area contributed by atoms with E-state index in [9.17, 15) is 4.39 Å². The number of hydrogen-bond acceptors (Lipinski definition) is 3. The summed E-state index contributed by atoms with van der Waals surface area (Å²) in [7, 11) is 0. The van der Waals surface area contributed by atoms with E-state index in [-0.39, 0.29) is 23.7 Å². The van der Waals surface area contributed by atoms with Crippen LogP contribution in [-0.2, 0) is 0 Å². The summed E-state index contributed by atoms with van der Waals surface area (Å²) in [5.41, 5.74) is 0.507. The molecule has 1 N–H and O–H groups in total. The first-order valence-electron chi connectivity index (χ1n) is 3.04. The fourth-order valence-electron chi connectivity index (χ4n) is 0.722. The van der Waals surface area contributed by atoms with Gasteiger partial charge >= 0.3 is 0 Å². The zero-order valence-electron chi connectivity index (χ0n) is 6.36. The van der Waals surface area contributed by atoms with Gasteiger partial charge in [0.1, 0.15) is 0 Å². The third-order valence-corrected chi connectivity index (χ3v) is 1.31. The highest BCUT2D eigenvalue weighted by Crippen LogP contribution is 2.04. The summed E-state index contributed by atoms with van der Waals surface area (Å²) < 4.78 is 12.8. The summed E-state index contributed by atoms with van der Waals surface area (Å²) in [6.07, 6.45) is 2.51. The highest BCUT2D eigenvalue weighted by Gasteiger charge is 2.03. The lowest BCUT2D eigenvalue weighted by Crippen LogP contribution is -1.98. The maximum atomic E-state index is 12.8. The standard InChI is InChI=1S/C7H7FN2O.ClH/c1-5(10-11)6-2-3-9-4-7(6)8;/h2-4,11H,1H3;1H/b10-5+;. The highest BCUT2D eigenvalue weighted by molar-refractivity contribution is 5.98. The van der Waals surface area contributed by atoms with Crippen LogP contribution in [0, 0.1) is 5.82 Å². The van der Waals surface area contributed by atoms with Crippen LogP contribution in [-0.4, -0.2) is 15.9 Å². The van der Waals surface area contributed by atoms with Gasteiger partial charge in [0, 0.05) is 11.8 Å². The smallest absolute Gasteiger partial charge is 0.150 e. The Kier molecular flexibility index (Phi) is 4.21. The minimum Gasteiger partial charge on any atom is -0.411 e. The van der Waals surface area contributed by atoms with E-state index in [2.05, 4.69) is 10.1 Å². The first kappa shape index (κ1) is 10.8. The van der Waals surface area contributed by atoms with Gasteiger partial charge < -0.3 is 5.21 Å². The summed E-state index contributed by atoms with van der Waals surface area (Å²) in [5, 5.41) is 11.2. The molecule has 0 aromatic carbocycles. The molecule has 66 valence electrons. The van der Waals surface area contributed by atoms with Gasteiger partial charge in [0.05, 0.1) is 11.9 Å². The molecule has 5 heteroatoms. The van der Waals surface area contributed by atoms with Crippen molar-refractivity contribution in [2.75, 3.05) is 0 Å². The maximum Gasteiger partial charge on any atom is 0.150 e. The van der Waals surface area contributed by atoms with Gasteiger partial charge in [-0.2, -0.15) is 0 Å². The Morgan fingerprint density at radius 1 is 1.67 bits per heavy atom. The normalized spacial score (nSPS) is 10.7. The SMILES string of the molecule is C/C(=N\O)c1ccncc1F.Cl. The van der Waals surface area contributed by atoms with Crippen molar-refractivity contribution in [3.05, 3.63) is 29.8 Å². The summed E-state index contributed by atoms with van der Waals surface area (Å²) in [4.78, 5) is 3.55. The third-order valence-electron chi connectivity index (χ3n) is 1.31. The first-order chi connectivity index (χ1) is 5.25. The van der Waals surface area contributed by atoms with Gasteiger partial charge in [-0.05, 0) is 13.0 Å². The third kappa shape index (κ3) is 2.17. The molecule has 3 nitrogen and oxygen atoms in total. The van der Waals surface area contributed by atoms with E-state index in [0.717, 1.165) is 6.20 Å². The number of pyridine rings is 1. The Morgan fingerprint density at radius 3 is 2.83 bits per heavy atom. The van der Waals surface area contributed by atoms with Crippen LogP contribution in [0.3, 0.4) is 0 Å². The fraction of sp³-hybridized carbons (Fsp3) is 0.143. The van der Waals surface area contributed by atoms with Gasteiger partial charge in [0.25, 0.3) is 0 Å². The number of oxime groups is 1. The van der Waals surface area contributed by atoms with Crippen molar-refractivity contribution in [3.63, 3.8) is 0 Å². The Labute approximate surface area is 75.3 Å². The van der Waals surface area contributed by atoms with Crippen molar-refractivity contribution in [2.24, 2.45) is 5.16 Å². The molecule has 1 rings (SSSR count). The lowest BCUT2D eigenvalue weighted by molar-refractivity contribution is 0.319. The molecule has 0 aliphatic rings. The van der Waals surface area contributed by atoms with Gasteiger partial charge in [-0.15, -0.1) is 12.4 Å². The van der Waals surface area contributed by atoms with Gasteiger partial charge in [-0.1, -0.05) is 5.16 Å². The zero-order chi connectivity index (χ0) is 8.27. The van der Waals surface area contributed by atoms with Gasteiger partial charge in [0.15, 0.2) is 5.82 Å². The summed E-state index contributed by atoms with van der Waals surface area (Å²) in [6, 6.07) is 1.45. The molecule has 1 heterocycles. The summed E-state index contributed by atoms with van der Waals surface area (Å²) >= 11 is 0. The van der Waals surface area contributed by atoms with E-state index in [1.54, 1.807) is 0 Å². The van der Waals surface area contributed by atoms with Crippen LogP contribution in [0.4, 0.5) is 4.39 Å². The lowest BCUT2D eigenvalue weighted by Gasteiger charge is -1.97. The molecule has 0 aliphatic carbocycles. The first-order valence-corrected chi connectivity index (χ1v) is 3.04. The molecule has 0 saturated heterocycles. The predicted octanol–water partition coefficient (Wildman–Crippen LogP) is 1.84. The lowest BCUT2D eigenvalue weighted by atomic mass is 10.2. The average molecular weight is 191 g/mol. The number of hydrogen-bond donors (Lipinski definition) is 1. The molecule has 12 heavy (non-hydrogen) atoms. The van der Waals surface area contributed by atoms with Crippen molar-refractivity contribution in [2.45, 2.75) is 6.92 Å². The predicted molar refractivity (Wildman–Crippen MR) is 45.4 cm³/mol. The minimum absolute atomic E-state index is 0. The van der Waals surface area contributed by atoms with Crippen molar-refractivity contribution in [1.82, 2.24) is 4.98 Å². The van der Waals surface area contributed by atoms with Crippen LogP contribution in [0.15, 0.2) is 23.6 Å². The second kappa shape index (κ2) is 4.66. The number of aromatic nitrogens is 1. The Bertz CT molecular complexity index is 290. The molecule has 0 saturated carbocycles. The van der Waals surface area contributed by atoms with Crippen LogP contribution < -0.4 is 0 Å². The Morgan fingerprint density at radius 2 is 2.33 bits per heavy atom. The van der Waals surface area contributed by atoms with Crippen molar-refractivity contribution in [3.8, 4) is 0 Å². The van der Waals surface area contributed by atoms with E-state index < -0.39 is 5.82 Å². The molecule has 0 radical (unpaired) electrons. The molecule has 0 unspecified atom stereocenters. The van der Waals surface area contributed by atoms with Crippen LogP contribution >= 0.6 is 12.4 Å². The van der Waals surface area contributed by atoms with Crippen LogP contribution in [0.5, 0.6) is 0 Å². The van der Waals surface area contributed by atoms with E-state index in [4.69, 9.17) is 5.21 Å².